The van der Waals surface area contributed by atoms with Crippen molar-refractivity contribution in [3.8, 4) is 0 Å². The molecule has 2 unspecified atom stereocenters. The fourth-order valence-corrected chi connectivity index (χ4v) is 2.85. The molecule has 2 aliphatic rings. The molecule has 1 aliphatic heterocycles. The topological polar surface area (TPSA) is 45.5 Å². The van der Waals surface area contributed by atoms with E-state index in [2.05, 4.69) is 12.2 Å². The summed E-state index contributed by atoms with van der Waals surface area (Å²) in [7, 11) is 0. The van der Waals surface area contributed by atoms with Gasteiger partial charge in [0.2, 0.25) is 5.91 Å². The summed E-state index contributed by atoms with van der Waals surface area (Å²) in [6.07, 6.45) is 3.35. The highest BCUT2D eigenvalue weighted by atomic mass is 16.3. The van der Waals surface area contributed by atoms with E-state index in [0.717, 1.165) is 37.3 Å². The van der Waals surface area contributed by atoms with Gasteiger partial charge in [-0.25, -0.2) is 0 Å². The Balaban J connectivity index is 1.71. The van der Waals surface area contributed by atoms with E-state index in [-0.39, 0.29) is 11.9 Å². The van der Waals surface area contributed by atoms with Gasteiger partial charge in [-0.3, -0.25) is 4.79 Å². The monoisotopic (exact) mass is 262 g/mol. The number of hydrogen-bond acceptors (Lipinski definition) is 3. The molecule has 1 aromatic rings. The number of hydrogen-bond donors (Lipinski definition) is 1. The molecular weight excluding hydrogens is 240 g/mol. The average molecular weight is 262 g/mol. The van der Waals surface area contributed by atoms with Crippen LogP contribution < -0.4 is 5.32 Å². The summed E-state index contributed by atoms with van der Waals surface area (Å²) in [5, 5.41) is 3.34. The molecule has 0 bridgehead atoms. The number of carbonyl (C=O) groups excluding carboxylic acids is 1. The SMILES string of the molecule is Cc1ccc(CN(C(=O)C2NCCC2C)C2CC2)o1. The summed E-state index contributed by atoms with van der Waals surface area (Å²) in [6.45, 7) is 5.66. The molecule has 1 saturated carbocycles. The smallest absolute Gasteiger partial charge is 0.240 e. The largest absolute Gasteiger partial charge is 0.464 e. The van der Waals surface area contributed by atoms with Crippen LogP contribution in [0.4, 0.5) is 0 Å². The molecule has 4 nitrogen and oxygen atoms in total. The predicted molar refractivity (Wildman–Crippen MR) is 72.6 cm³/mol. The van der Waals surface area contributed by atoms with E-state index in [1.165, 1.54) is 0 Å². The lowest BCUT2D eigenvalue weighted by atomic mass is 10.0. The molecule has 104 valence electrons. The maximum Gasteiger partial charge on any atom is 0.240 e. The quantitative estimate of drug-likeness (QED) is 0.903. The van der Waals surface area contributed by atoms with Crippen molar-refractivity contribution in [1.82, 2.24) is 10.2 Å². The average Bonchev–Trinajstić information content (AvgIpc) is 3.01. The highest BCUT2D eigenvalue weighted by Crippen LogP contribution is 2.31. The minimum Gasteiger partial charge on any atom is -0.464 e. The van der Waals surface area contributed by atoms with Crippen LogP contribution in [0, 0.1) is 12.8 Å². The fourth-order valence-electron chi connectivity index (χ4n) is 2.85. The van der Waals surface area contributed by atoms with E-state index in [0.29, 0.717) is 18.5 Å². The Bertz CT molecular complexity index is 464. The van der Waals surface area contributed by atoms with Gasteiger partial charge >= 0.3 is 0 Å². The van der Waals surface area contributed by atoms with Crippen molar-refractivity contribution in [2.24, 2.45) is 5.92 Å². The first-order valence-electron chi connectivity index (χ1n) is 7.24. The lowest BCUT2D eigenvalue weighted by Crippen LogP contribution is -2.46. The molecule has 4 heteroatoms. The third kappa shape index (κ3) is 2.68. The first-order valence-corrected chi connectivity index (χ1v) is 7.24. The molecule has 0 radical (unpaired) electrons. The summed E-state index contributed by atoms with van der Waals surface area (Å²) >= 11 is 0. The van der Waals surface area contributed by atoms with Gasteiger partial charge in [0.15, 0.2) is 0 Å². The van der Waals surface area contributed by atoms with E-state index in [1.807, 2.05) is 24.0 Å². The number of aryl methyl sites for hydroxylation is 1. The van der Waals surface area contributed by atoms with Gasteiger partial charge in [0.25, 0.3) is 0 Å². The molecule has 1 aromatic heterocycles. The maximum atomic E-state index is 12.7. The Kier molecular flexibility index (Phi) is 3.35. The van der Waals surface area contributed by atoms with E-state index < -0.39 is 0 Å². The number of rotatable bonds is 4. The molecular formula is C15H22N2O2. The Morgan fingerprint density at radius 3 is 2.74 bits per heavy atom. The van der Waals surface area contributed by atoms with Crippen LogP contribution in [0.25, 0.3) is 0 Å². The van der Waals surface area contributed by atoms with Gasteiger partial charge in [0, 0.05) is 6.04 Å². The molecule has 1 aliphatic carbocycles. The molecule has 0 aromatic carbocycles. The first kappa shape index (κ1) is 12.7. The van der Waals surface area contributed by atoms with Crippen molar-refractivity contribution in [2.45, 2.75) is 51.7 Å². The van der Waals surface area contributed by atoms with Crippen molar-refractivity contribution >= 4 is 5.91 Å². The second kappa shape index (κ2) is 5.00. The third-order valence-electron chi connectivity index (χ3n) is 4.19. The van der Waals surface area contributed by atoms with Crippen molar-refractivity contribution in [3.63, 3.8) is 0 Å². The zero-order valence-electron chi connectivity index (χ0n) is 11.7. The maximum absolute atomic E-state index is 12.7. The van der Waals surface area contributed by atoms with Gasteiger partial charge < -0.3 is 14.6 Å². The van der Waals surface area contributed by atoms with Crippen molar-refractivity contribution in [1.29, 1.82) is 0 Å². The first-order chi connectivity index (χ1) is 9.15. The Labute approximate surface area is 114 Å². The number of carbonyl (C=O) groups is 1. The van der Waals surface area contributed by atoms with Crippen molar-refractivity contribution in [2.75, 3.05) is 6.54 Å². The molecule has 1 saturated heterocycles. The molecule has 0 spiro atoms. The number of nitrogens with zero attached hydrogens (tertiary/aromatic N) is 1. The highest BCUT2D eigenvalue weighted by molar-refractivity contribution is 5.83. The summed E-state index contributed by atoms with van der Waals surface area (Å²) in [6, 6.07) is 4.36. The predicted octanol–water partition coefficient (Wildman–Crippen LogP) is 2.08. The van der Waals surface area contributed by atoms with E-state index in [4.69, 9.17) is 4.42 Å². The van der Waals surface area contributed by atoms with Gasteiger partial charge in [-0.1, -0.05) is 6.92 Å². The van der Waals surface area contributed by atoms with Gasteiger partial charge in [0.1, 0.15) is 11.5 Å². The minimum atomic E-state index is -0.00309. The highest BCUT2D eigenvalue weighted by Gasteiger charge is 2.39. The van der Waals surface area contributed by atoms with Gasteiger partial charge in [-0.2, -0.15) is 0 Å². The summed E-state index contributed by atoms with van der Waals surface area (Å²) in [4.78, 5) is 14.7. The molecule has 3 rings (SSSR count). The van der Waals surface area contributed by atoms with Gasteiger partial charge in [0.05, 0.1) is 12.6 Å². The Morgan fingerprint density at radius 2 is 2.21 bits per heavy atom. The molecule has 2 heterocycles. The van der Waals surface area contributed by atoms with Crippen LogP contribution in [0.15, 0.2) is 16.5 Å². The van der Waals surface area contributed by atoms with Crippen LogP contribution in [-0.4, -0.2) is 29.4 Å². The Hall–Kier alpha value is -1.29. The molecule has 2 fully saturated rings. The minimum absolute atomic E-state index is 0.00309. The summed E-state index contributed by atoms with van der Waals surface area (Å²) in [5.41, 5.74) is 0. The van der Waals surface area contributed by atoms with Crippen LogP contribution in [0.5, 0.6) is 0 Å². The second-order valence-corrected chi connectivity index (χ2v) is 5.91. The normalized spacial score (nSPS) is 26.6. The molecule has 19 heavy (non-hydrogen) atoms. The zero-order chi connectivity index (χ0) is 13.4. The lowest BCUT2D eigenvalue weighted by molar-refractivity contribution is -0.135. The van der Waals surface area contributed by atoms with E-state index in [9.17, 15) is 4.79 Å². The van der Waals surface area contributed by atoms with Crippen LogP contribution in [-0.2, 0) is 11.3 Å². The van der Waals surface area contributed by atoms with Crippen molar-refractivity contribution < 1.29 is 9.21 Å². The standard InChI is InChI=1S/C15H22N2O2/c1-10-7-8-16-14(10)15(18)17(12-4-5-12)9-13-6-3-11(2)19-13/h3,6,10,12,14,16H,4-5,7-9H2,1-2H3. The van der Waals surface area contributed by atoms with Gasteiger partial charge in [-0.05, 0) is 50.8 Å². The Morgan fingerprint density at radius 1 is 1.42 bits per heavy atom. The lowest BCUT2D eigenvalue weighted by Gasteiger charge is -2.26. The van der Waals surface area contributed by atoms with E-state index >= 15 is 0 Å². The fraction of sp³-hybridized carbons (Fsp3) is 0.667. The number of nitrogens with one attached hydrogen (secondary N) is 1. The number of furan rings is 1. The third-order valence-corrected chi connectivity index (χ3v) is 4.19. The molecule has 1 amide bonds. The second-order valence-electron chi connectivity index (χ2n) is 5.91. The van der Waals surface area contributed by atoms with Crippen LogP contribution >= 0.6 is 0 Å². The van der Waals surface area contributed by atoms with Crippen LogP contribution in [0.1, 0.15) is 37.7 Å². The molecule has 1 N–H and O–H groups in total. The summed E-state index contributed by atoms with van der Waals surface area (Å²) in [5.74, 6) is 2.49. The number of amides is 1. The zero-order valence-corrected chi connectivity index (χ0v) is 11.7. The van der Waals surface area contributed by atoms with E-state index in [1.54, 1.807) is 0 Å². The molecule has 2 atom stereocenters. The van der Waals surface area contributed by atoms with Crippen molar-refractivity contribution in [3.05, 3.63) is 23.7 Å². The summed E-state index contributed by atoms with van der Waals surface area (Å²) < 4.78 is 5.62. The van der Waals surface area contributed by atoms with Crippen LogP contribution in [0.3, 0.4) is 0 Å². The van der Waals surface area contributed by atoms with Crippen LogP contribution in [0.2, 0.25) is 0 Å². The van der Waals surface area contributed by atoms with Gasteiger partial charge in [-0.15, -0.1) is 0 Å².